The van der Waals surface area contributed by atoms with Crippen molar-refractivity contribution < 1.29 is 9.59 Å². The lowest BCUT2D eigenvalue weighted by Gasteiger charge is -2.19. The molecule has 1 fully saturated rings. The number of anilines is 2. The van der Waals surface area contributed by atoms with E-state index in [4.69, 9.17) is 5.73 Å². The SMILES string of the molecule is NCC(=O)Nc1cccc(NC(=O)CN2CCCCCC2)c1. The molecule has 0 aromatic heterocycles. The molecule has 120 valence electrons. The van der Waals surface area contributed by atoms with Crippen molar-refractivity contribution in [1.29, 1.82) is 0 Å². The zero-order valence-electron chi connectivity index (χ0n) is 12.8. The Labute approximate surface area is 131 Å². The molecule has 1 aromatic rings. The van der Waals surface area contributed by atoms with Crippen molar-refractivity contribution in [2.45, 2.75) is 25.7 Å². The first-order chi connectivity index (χ1) is 10.7. The van der Waals surface area contributed by atoms with Gasteiger partial charge in [0.05, 0.1) is 13.1 Å². The zero-order chi connectivity index (χ0) is 15.8. The van der Waals surface area contributed by atoms with Crippen LogP contribution in [0.25, 0.3) is 0 Å². The van der Waals surface area contributed by atoms with E-state index in [0.717, 1.165) is 25.9 Å². The van der Waals surface area contributed by atoms with Crippen molar-refractivity contribution >= 4 is 23.2 Å². The number of carbonyl (C=O) groups is 2. The average Bonchev–Trinajstić information content (AvgIpc) is 2.76. The number of nitrogens with zero attached hydrogens (tertiary/aromatic N) is 1. The van der Waals surface area contributed by atoms with Gasteiger partial charge in [-0.25, -0.2) is 0 Å². The van der Waals surface area contributed by atoms with E-state index in [1.54, 1.807) is 24.3 Å². The summed E-state index contributed by atoms with van der Waals surface area (Å²) in [5.41, 5.74) is 6.57. The fourth-order valence-corrected chi connectivity index (χ4v) is 2.58. The van der Waals surface area contributed by atoms with Gasteiger partial charge in [0.2, 0.25) is 11.8 Å². The van der Waals surface area contributed by atoms with Crippen LogP contribution in [0.5, 0.6) is 0 Å². The predicted octanol–water partition coefficient (Wildman–Crippen LogP) is 1.40. The van der Waals surface area contributed by atoms with E-state index < -0.39 is 0 Å². The molecular weight excluding hydrogens is 280 g/mol. The highest BCUT2D eigenvalue weighted by Crippen LogP contribution is 2.15. The summed E-state index contributed by atoms with van der Waals surface area (Å²) in [6, 6.07) is 7.08. The smallest absolute Gasteiger partial charge is 0.238 e. The number of likely N-dealkylation sites (tertiary alicyclic amines) is 1. The Morgan fingerprint density at radius 2 is 1.59 bits per heavy atom. The van der Waals surface area contributed by atoms with Crippen LogP contribution in [0.4, 0.5) is 11.4 Å². The van der Waals surface area contributed by atoms with Gasteiger partial charge >= 0.3 is 0 Å². The monoisotopic (exact) mass is 304 g/mol. The molecule has 0 spiro atoms. The Morgan fingerprint density at radius 3 is 2.18 bits per heavy atom. The molecule has 0 saturated carbocycles. The summed E-state index contributed by atoms with van der Waals surface area (Å²) in [5, 5.41) is 5.55. The summed E-state index contributed by atoms with van der Waals surface area (Å²) in [6.07, 6.45) is 4.82. The van der Waals surface area contributed by atoms with Crippen LogP contribution >= 0.6 is 0 Å². The van der Waals surface area contributed by atoms with E-state index in [2.05, 4.69) is 15.5 Å². The Hall–Kier alpha value is -1.92. The largest absolute Gasteiger partial charge is 0.325 e. The van der Waals surface area contributed by atoms with Crippen molar-refractivity contribution in [2.75, 3.05) is 36.8 Å². The first kappa shape index (κ1) is 16.5. The van der Waals surface area contributed by atoms with Gasteiger partial charge in [-0.15, -0.1) is 0 Å². The quantitative estimate of drug-likeness (QED) is 0.767. The molecule has 1 aliphatic heterocycles. The molecule has 0 atom stereocenters. The number of benzene rings is 1. The number of amides is 2. The molecule has 0 aliphatic carbocycles. The van der Waals surface area contributed by atoms with E-state index in [0.29, 0.717) is 17.9 Å². The molecule has 6 nitrogen and oxygen atoms in total. The van der Waals surface area contributed by atoms with Gasteiger partial charge in [0.1, 0.15) is 0 Å². The van der Waals surface area contributed by atoms with Gasteiger partial charge in [0.15, 0.2) is 0 Å². The Kier molecular flexibility index (Phi) is 6.36. The van der Waals surface area contributed by atoms with Gasteiger partial charge < -0.3 is 16.4 Å². The third kappa shape index (κ3) is 5.46. The molecule has 0 unspecified atom stereocenters. The molecule has 2 rings (SSSR count). The Balaban J connectivity index is 1.87. The summed E-state index contributed by atoms with van der Waals surface area (Å²) in [6.45, 7) is 2.32. The summed E-state index contributed by atoms with van der Waals surface area (Å²) in [7, 11) is 0. The number of rotatable bonds is 5. The highest BCUT2D eigenvalue weighted by molar-refractivity contribution is 5.95. The van der Waals surface area contributed by atoms with Crippen molar-refractivity contribution in [3.05, 3.63) is 24.3 Å². The van der Waals surface area contributed by atoms with Crippen LogP contribution in [0.2, 0.25) is 0 Å². The third-order valence-corrected chi connectivity index (χ3v) is 3.68. The van der Waals surface area contributed by atoms with Crippen LogP contribution in [0.3, 0.4) is 0 Å². The number of nitrogens with one attached hydrogen (secondary N) is 2. The summed E-state index contributed by atoms with van der Waals surface area (Å²) < 4.78 is 0. The first-order valence-corrected chi connectivity index (χ1v) is 7.79. The minimum absolute atomic E-state index is 0.0239. The van der Waals surface area contributed by atoms with Gasteiger partial charge in [0.25, 0.3) is 0 Å². The second kappa shape index (κ2) is 8.51. The van der Waals surface area contributed by atoms with Crippen LogP contribution in [0, 0.1) is 0 Å². The summed E-state index contributed by atoms with van der Waals surface area (Å²) >= 11 is 0. The van der Waals surface area contributed by atoms with Crippen LogP contribution < -0.4 is 16.4 Å². The molecule has 22 heavy (non-hydrogen) atoms. The maximum Gasteiger partial charge on any atom is 0.238 e. The number of carbonyl (C=O) groups excluding carboxylic acids is 2. The number of hydrogen-bond donors (Lipinski definition) is 3. The molecule has 1 aliphatic rings. The molecule has 4 N–H and O–H groups in total. The lowest BCUT2D eigenvalue weighted by atomic mass is 10.2. The minimum Gasteiger partial charge on any atom is -0.325 e. The minimum atomic E-state index is -0.256. The molecule has 1 aromatic carbocycles. The van der Waals surface area contributed by atoms with Crippen molar-refractivity contribution in [3.63, 3.8) is 0 Å². The highest BCUT2D eigenvalue weighted by Gasteiger charge is 2.13. The highest BCUT2D eigenvalue weighted by atomic mass is 16.2. The van der Waals surface area contributed by atoms with Crippen LogP contribution in [0.1, 0.15) is 25.7 Å². The number of hydrogen-bond acceptors (Lipinski definition) is 4. The van der Waals surface area contributed by atoms with E-state index in [-0.39, 0.29) is 18.4 Å². The van der Waals surface area contributed by atoms with Crippen LogP contribution in [-0.4, -0.2) is 42.9 Å². The van der Waals surface area contributed by atoms with Crippen molar-refractivity contribution in [1.82, 2.24) is 4.90 Å². The second-order valence-electron chi connectivity index (χ2n) is 5.57. The summed E-state index contributed by atoms with van der Waals surface area (Å²) in [4.78, 5) is 25.6. The predicted molar refractivity (Wildman–Crippen MR) is 87.7 cm³/mol. The van der Waals surface area contributed by atoms with Gasteiger partial charge in [0, 0.05) is 11.4 Å². The van der Waals surface area contributed by atoms with E-state index in [9.17, 15) is 9.59 Å². The molecule has 1 saturated heterocycles. The lowest BCUT2D eigenvalue weighted by Crippen LogP contribution is -2.33. The maximum atomic E-state index is 12.1. The molecule has 1 heterocycles. The van der Waals surface area contributed by atoms with Crippen LogP contribution in [0.15, 0.2) is 24.3 Å². The van der Waals surface area contributed by atoms with E-state index in [1.165, 1.54) is 12.8 Å². The van der Waals surface area contributed by atoms with Crippen LogP contribution in [-0.2, 0) is 9.59 Å². The fraction of sp³-hybridized carbons (Fsp3) is 0.500. The molecular formula is C16H24N4O2. The average molecular weight is 304 g/mol. The summed E-state index contributed by atoms with van der Waals surface area (Å²) in [5.74, 6) is -0.280. The Bertz CT molecular complexity index is 511. The standard InChI is InChI=1S/C16H24N4O2/c17-11-15(21)18-13-6-5-7-14(10-13)19-16(22)12-20-8-3-1-2-4-9-20/h5-7,10H,1-4,8-9,11-12,17H2,(H,18,21)(H,19,22). The van der Waals surface area contributed by atoms with Gasteiger partial charge in [-0.2, -0.15) is 0 Å². The van der Waals surface area contributed by atoms with Gasteiger partial charge in [-0.3, -0.25) is 14.5 Å². The fourth-order valence-electron chi connectivity index (χ4n) is 2.58. The molecule has 2 amide bonds. The normalized spacial score (nSPS) is 15.9. The number of nitrogens with two attached hydrogens (primary N) is 1. The third-order valence-electron chi connectivity index (χ3n) is 3.68. The second-order valence-corrected chi connectivity index (χ2v) is 5.57. The molecule has 6 heteroatoms. The van der Waals surface area contributed by atoms with Gasteiger partial charge in [-0.05, 0) is 44.1 Å². The topological polar surface area (TPSA) is 87.5 Å². The van der Waals surface area contributed by atoms with Crippen molar-refractivity contribution in [2.24, 2.45) is 5.73 Å². The first-order valence-electron chi connectivity index (χ1n) is 7.79. The lowest BCUT2D eigenvalue weighted by molar-refractivity contribution is -0.117. The maximum absolute atomic E-state index is 12.1. The Morgan fingerprint density at radius 1 is 1.00 bits per heavy atom. The van der Waals surface area contributed by atoms with E-state index in [1.807, 2.05) is 0 Å². The molecule has 0 bridgehead atoms. The van der Waals surface area contributed by atoms with E-state index >= 15 is 0 Å². The van der Waals surface area contributed by atoms with Crippen molar-refractivity contribution in [3.8, 4) is 0 Å². The molecule has 0 radical (unpaired) electrons. The zero-order valence-corrected chi connectivity index (χ0v) is 12.8. The van der Waals surface area contributed by atoms with Gasteiger partial charge in [-0.1, -0.05) is 18.9 Å².